The lowest BCUT2D eigenvalue weighted by molar-refractivity contribution is -0.126. The van der Waals surface area contributed by atoms with Crippen LogP contribution in [0.4, 0.5) is 4.79 Å². The SMILES string of the molecule is C=C(CC)CN1CC(=O)N(CC2(C)CCC(=O)N2)C1=O. The van der Waals surface area contributed by atoms with Gasteiger partial charge in [0, 0.05) is 13.0 Å². The minimum Gasteiger partial charge on any atom is -0.349 e. The second-order valence-corrected chi connectivity index (χ2v) is 5.83. The lowest BCUT2D eigenvalue weighted by Gasteiger charge is -2.28. The molecule has 0 bridgehead atoms. The molecule has 6 heteroatoms. The van der Waals surface area contributed by atoms with Crippen LogP contribution in [0.15, 0.2) is 12.2 Å². The Morgan fingerprint density at radius 2 is 2.10 bits per heavy atom. The lowest BCUT2D eigenvalue weighted by atomic mass is 10.00. The Hall–Kier alpha value is -1.85. The van der Waals surface area contributed by atoms with Crippen LogP contribution in [-0.4, -0.2) is 52.8 Å². The zero-order chi connectivity index (χ0) is 14.9. The van der Waals surface area contributed by atoms with E-state index in [2.05, 4.69) is 11.9 Å². The van der Waals surface area contributed by atoms with Gasteiger partial charge in [0.2, 0.25) is 11.8 Å². The first-order valence-corrected chi connectivity index (χ1v) is 6.91. The molecule has 0 radical (unpaired) electrons. The van der Waals surface area contributed by atoms with Gasteiger partial charge in [-0.25, -0.2) is 4.79 Å². The first-order valence-electron chi connectivity index (χ1n) is 6.91. The fourth-order valence-corrected chi connectivity index (χ4v) is 2.57. The Bertz CT molecular complexity index is 474. The van der Waals surface area contributed by atoms with E-state index in [1.54, 1.807) is 0 Å². The van der Waals surface area contributed by atoms with Crippen LogP contribution < -0.4 is 5.32 Å². The van der Waals surface area contributed by atoms with Crippen molar-refractivity contribution in [3.05, 3.63) is 12.2 Å². The van der Waals surface area contributed by atoms with Crippen molar-refractivity contribution in [1.29, 1.82) is 0 Å². The Balaban J connectivity index is 2.02. The van der Waals surface area contributed by atoms with E-state index in [-0.39, 0.29) is 30.9 Å². The quantitative estimate of drug-likeness (QED) is 0.600. The van der Waals surface area contributed by atoms with Crippen molar-refractivity contribution in [3.63, 3.8) is 0 Å². The molecule has 1 N–H and O–H groups in total. The van der Waals surface area contributed by atoms with E-state index >= 15 is 0 Å². The fraction of sp³-hybridized carbons (Fsp3) is 0.643. The smallest absolute Gasteiger partial charge is 0.327 e. The van der Waals surface area contributed by atoms with E-state index in [9.17, 15) is 14.4 Å². The zero-order valence-corrected chi connectivity index (χ0v) is 12.1. The third-order valence-electron chi connectivity index (χ3n) is 3.90. The third-order valence-corrected chi connectivity index (χ3v) is 3.90. The van der Waals surface area contributed by atoms with Crippen LogP contribution in [0, 0.1) is 0 Å². The average Bonchev–Trinajstić information content (AvgIpc) is 2.85. The summed E-state index contributed by atoms with van der Waals surface area (Å²) in [6.07, 6.45) is 1.87. The number of rotatable bonds is 5. The summed E-state index contributed by atoms with van der Waals surface area (Å²) < 4.78 is 0. The molecule has 2 heterocycles. The number of carbonyl (C=O) groups is 3. The third kappa shape index (κ3) is 2.84. The van der Waals surface area contributed by atoms with Gasteiger partial charge in [-0.15, -0.1) is 0 Å². The molecule has 2 fully saturated rings. The molecule has 2 saturated heterocycles. The normalized spacial score (nSPS) is 26.4. The van der Waals surface area contributed by atoms with Crippen molar-refractivity contribution in [1.82, 2.24) is 15.1 Å². The van der Waals surface area contributed by atoms with Gasteiger partial charge in [0.1, 0.15) is 6.54 Å². The molecule has 0 saturated carbocycles. The molecular weight excluding hydrogens is 258 g/mol. The van der Waals surface area contributed by atoms with Gasteiger partial charge in [-0.1, -0.05) is 19.1 Å². The van der Waals surface area contributed by atoms with Gasteiger partial charge >= 0.3 is 6.03 Å². The zero-order valence-electron chi connectivity index (χ0n) is 12.1. The van der Waals surface area contributed by atoms with E-state index in [1.165, 1.54) is 9.80 Å². The summed E-state index contributed by atoms with van der Waals surface area (Å²) in [6.45, 7) is 8.46. The van der Waals surface area contributed by atoms with Gasteiger partial charge in [0.25, 0.3) is 0 Å². The number of amides is 4. The number of nitrogens with one attached hydrogen (secondary N) is 1. The fourth-order valence-electron chi connectivity index (χ4n) is 2.57. The van der Waals surface area contributed by atoms with Crippen molar-refractivity contribution in [3.8, 4) is 0 Å². The van der Waals surface area contributed by atoms with Crippen molar-refractivity contribution in [2.24, 2.45) is 0 Å². The molecule has 2 aliphatic rings. The Kier molecular flexibility index (Phi) is 3.83. The number of hydrogen-bond acceptors (Lipinski definition) is 3. The van der Waals surface area contributed by atoms with Gasteiger partial charge < -0.3 is 10.2 Å². The van der Waals surface area contributed by atoms with E-state index in [0.717, 1.165) is 12.0 Å². The molecule has 0 spiro atoms. The molecule has 1 atom stereocenters. The summed E-state index contributed by atoms with van der Waals surface area (Å²) in [7, 11) is 0. The first-order chi connectivity index (χ1) is 9.34. The lowest BCUT2D eigenvalue weighted by Crippen LogP contribution is -2.50. The van der Waals surface area contributed by atoms with Crippen molar-refractivity contribution in [2.75, 3.05) is 19.6 Å². The molecule has 0 aromatic carbocycles. The first kappa shape index (κ1) is 14.6. The van der Waals surface area contributed by atoms with Gasteiger partial charge in [-0.2, -0.15) is 0 Å². The van der Waals surface area contributed by atoms with E-state index in [0.29, 0.717) is 19.4 Å². The Morgan fingerprint density at radius 3 is 2.65 bits per heavy atom. The molecule has 6 nitrogen and oxygen atoms in total. The molecule has 0 aliphatic carbocycles. The monoisotopic (exact) mass is 279 g/mol. The highest BCUT2D eigenvalue weighted by atomic mass is 16.2. The molecule has 4 amide bonds. The van der Waals surface area contributed by atoms with E-state index in [4.69, 9.17) is 0 Å². The highest BCUT2D eigenvalue weighted by Gasteiger charge is 2.42. The van der Waals surface area contributed by atoms with Crippen molar-refractivity contribution >= 4 is 17.8 Å². The topological polar surface area (TPSA) is 69.7 Å². The van der Waals surface area contributed by atoms with Gasteiger partial charge in [-0.3, -0.25) is 14.5 Å². The molecule has 2 aliphatic heterocycles. The molecule has 1 unspecified atom stereocenters. The summed E-state index contributed by atoms with van der Waals surface area (Å²) in [5.41, 5.74) is 0.425. The number of carbonyl (C=O) groups excluding carboxylic acids is 3. The summed E-state index contributed by atoms with van der Waals surface area (Å²) in [4.78, 5) is 38.3. The summed E-state index contributed by atoms with van der Waals surface area (Å²) in [5.74, 6) is -0.232. The van der Waals surface area contributed by atoms with Crippen LogP contribution in [0.5, 0.6) is 0 Å². The molecule has 2 rings (SSSR count). The number of urea groups is 1. The van der Waals surface area contributed by atoms with Crippen molar-refractivity contribution < 1.29 is 14.4 Å². The van der Waals surface area contributed by atoms with E-state index in [1.807, 2.05) is 13.8 Å². The minimum atomic E-state index is -0.500. The Morgan fingerprint density at radius 1 is 1.40 bits per heavy atom. The summed E-state index contributed by atoms with van der Waals surface area (Å²) >= 11 is 0. The van der Waals surface area contributed by atoms with Crippen LogP contribution in [-0.2, 0) is 9.59 Å². The highest BCUT2D eigenvalue weighted by Crippen LogP contribution is 2.23. The van der Waals surface area contributed by atoms with Gasteiger partial charge in [-0.05, 0) is 19.8 Å². The summed E-state index contributed by atoms with van der Waals surface area (Å²) in [5, 5.41) is 2.84. The van der Waals surface area contributed by atoms with E-state index < -0.39 is 5.54 Å². The van der Waals surface area contributed by atoms with Crippen LogP contribution in [0.25, 0.3) is 0 Å². The maximum absolute atomic E-state index is 12.3. The second kappa shape index (κ2) is 5.26. The average molecular weight is 279 g/mol. The highest BCUT2D eigenvalue weighted by molar-refractivity contribution is 6.02. The van der Waals surface area contributed by atoms with Crippen LogP contribution in [0.3, 0.4) is 0 Å². The molecule has 0 aromatic rings. The number of imide groups is 1. The second-order valence-electron chi connectivity index (χ2n) is 5.83. The molecular formula is C14H21N3O3. The molecule has 110 valence electrons. The predicted molar refractivity (Wildman–Crippen MR) is 73.9 cm³/mol. The van der Waals surface area contributed by atoms with Crippen LogP contribution >= 0.6 is 0 Å². The van der Waals surface area contributed by atoms with Crippen LogP contribution in [0.1, 0.15) is 33.1 Å². The largest absolute Gasteiger partial charge is 0.349 e. The number of hydrogen-bond donors (Lipinski definition) is 1. The van der Waals surface area contributed by atoms with Gasteiger partial charge in [0.05, 0.1) is 12.1 Å². The Labute approximate surface area is 118 Å². The van der Waals surface area contributed by atoms with Gasteiger partial charge in [0.15, 0.2) is 0 Å². The maximum Gasteiger partial charge on any atom is 0.327 e. The number of nitrogens with zero attached hydrogens (tertiary/aromatic N) is 2. The van der Waals surface area contributed by atoms with Crippen molar-refractivity contribution in [2.45, 2.75) is 38.6 Å². The van der Waals surface area contributed by atoms with Crippen LogP contribution in [0.2, 0.25) is 0 Å². The standard InChI is InChI=1S/C14H21N3O3/c1-4-10(2)7-16-8-12(19)17(13(16)20)9-14(3)6-5-11(18)15-14/h2,4-9H2,1,3H3,(H,15,18). The maximum atomic E-state index is 12.3. The minimum absolute atomic E-state index is 0.0252. The summed E-state index contributed by atoms with van der Waals surface area (Å²) in [6, 6.07) is -0.285. The molecule has 0 aromatic heterocycles. The molecule has 20 heavy (non-hydrogen) atoms. The predicted octanol–water partition coefficient (Wildman–Crippen LogP) is 0.885.